The molecular weight excluding hydrogens is 426 g/mol. The minimum Gasteiger partial charge on any atom is -0.379 e. The number of nitrogens with two attached hydrogens (primary N) is 1. The van der Waals surface area contributed by atoms with E-state index in [0.29, 0.717) is 40.8 Å². The van der Waals surface area contributed by atoms with Crippen molar-refractivity contribution in [3.8, 4) is 0 Å². The molecule has 0 saturated carbocycles. The van der Waals surface area contributed by atoms with E-state index < -0.39 is 5.60 Å². The van der Waals surface area contributed by atoms with Crippen molar-refractivity contribution in [1.29, 1.82) is 0 Å². The molecule has 0 bridgehead atoms. The smallest absolute Gasteiger partial charge is 0.220 e. The highest BCUT2D eigenvalue weighted by Gasteiger charge is 2.33. The molecule has 1 aliphatic heterocycles. The molecule has 2 aromatic rings. The minimum atomic E-state index is -1.33. The third-order valence-electron chi connectivity index (χ3n) is 5.90. The maximum Gasteiger partial charge on any atom is 0.220 e. The zero-order valence-corrected chi connectivity index (χ0v) is 20.5. The first-order valence-corrected chi connectivity index (χ1v) is 11.3. The molecule has 178 valence electrons. The van der Waals surface area contributed by atoms with Gasteiger partial charge in [-0.25, -0.2) is 15.0 Å². The summed E-state index contributed by atoms with van der Waals surface area (Å²) in [6.07, 6.45) is 11.2. The van der Waals surface area contributed by atoms with Crippen LogP contribution in [0.4, 0.5) is 5.95 Å². The second kappa shape index (κ2) is 10.0. The van der Waals surface area contributed by atoms with Crippen molar-refractivity contribution >= 4 is 22.9 Å². The lowest BCUT2D eigenvalue weighted by Gasteiger charge is -2.28. The first kappa shape index (κ1) is 24.9. The summed E-state index contributed by atoms with van der Waals surface area (Å²) in [7, 11) is 0. The number of aliphatic hydroxyl groups is 1. The molecule has 2 aromatic heterocycles. The Labute approximate surface area is 201 Å². The Morgan fingerprint density at radius 3 is 2.71 bits per heavy atom. The fraction of sp³-hybridized carbons (Fsp3) is 0.308. The normalized spacial score (nSPS) is 17.7. The van der Waals surface area contributed by atoms with E-state index in [1.165, 1.54) is 0 Å². The molecule has 34 heavy (non-hydrogen) atoms. The summed E-state index contributed by atoms with van der Waals surface area (Å²) in [4.78, 5) is 13.3. The van der Waals surface area contributed by atoms with Gasteiger partial charge in [0.15, 0.2) is 0 Å². The van der Waals surface area contributed by atoms with Gasteiger partial charge >= 0.3 is 0 Å². The van der Waals surface area contributed by atoms with Crippen LogP contribution in [-0.2, 0) is 5.60 Å². The number of allylic oxidation sites excluding steroid dienone is 2. The Balaban J connectivity index is 1.90. The van der Waals surface area contributed by atoms with Gasteiger partial charge in [0.1, 0.15) is 11.4 Å². The highest BCUT2D eigenvalue weighted by Crippen LogP contribution is 2.35. The maximum absolute atomic E-state index is 11.4. The van der Waals surface area contributed by atoms with Gasteiger partial charge in [-0.2, -0.15) is 5.10 Å². The SMILES string of the molecule is C=CC(=CC)C(O)(CC)c1cc(C2=CNC(=N/C=C(\C)c3cnn(C(C)C)c3)C2=C)nc(N)n1. The van der Waals surface area contributed by atoms with Gasteiger partial charge in [-0.1, -0.05) is 32.2 Å². The highest BCUT2D eigenvalue weighted by molar-refractivity contribution is 6.16. The van der Waals surface area contributed by atoms with E-state index in [-0.39, 0.29) is 5.95 Å². The van der Waals surface area contributed by atoms with Crippen LogP contribution >= 0.6 is 0 Å². The number of hydrogen-bond acceptors (Lipinski definition) is 6. The second-order valence-corrected chi connectivity index (χ2v) is 8.43. The summed E-state index contributed by atoms with van der Waals surface area (Å²) in [6.45, 7) is 17.9. The van der Waals surface area contributed by atoms with Crippen molar-refractivity contribution in [2.45, 2.75) is 52.7 Å². The van der Waals surface area contributed by atoms with E-state index >= 15 is 0 Å². The number of anilines is 1. The molecule has 1 unspecified atom stereocenters. The molecule has 0 fully saturated rings. The van der Waals surface area contributed by atoms with E-state index in [1.54, 1.807) is 24.5 Å². The summed E-state index contributed by atoms with van der Waals surface area (Å²) < 4.78 is 1.91. The van der Waals surface area contributed by atoms with Crippen molar-refractivity contribution in [3.63, 3.8) is 0 Å². The van der Waals surface area contributed by atoms with Crippen LogP contribution in [0.15, 0.2) is 72.3 Å². The molecule has 1 aliphatic rings. The van der Waals surface area contributed by atoms with E-state index in [0.717, 1.165) is 16.7 Å². The number of nitrogen functional groups attached to an aromatic ring is 1. The zero-order chi connectivity index (χ0) is 25.0. The zero-order valence-electron chi connectivity index (χ0n) is 20.5. The van der Waals surface area contributed by atoms with Crippen LogP contribution in [-0.4, -0.2) is 30.7 Å². The summed E-state index contributed by atoms with van der Waals surface area (Å²) >= 11 is 0. The Kier molecular flexibility index (Phi) is 7.32. The van der Waals surface area contributed by atoms with Crippen molar-refractivity contribution < 1.29 is 5.11 Å². The molecule has 8 nitrogen and oxygen atoms in total. The van der Waals surface area contributed by atoms with Crippen LogP contribution in [0.25, 0.3) is 11.1 Å². The van der Waals surface area contributed by atoms with Crippen LogP contribution in [0.2, 0.25) is 0 Å². The molecule has 0 spiro atoms. The Bertz CT molecular complexity index is 1230. The van der Waals surface area contributed by atoms with Gasteiger partial charge in [0.25, 0.3) is 0 Å². The first-order chi connectivity index (χ1) is 16.1. The lowest BCUT2D eigenvalue weighted by atomic mass is 9.86. The van der Waals surface area contributed by atoms with Gasteiger partial charge in [-0.05, 0) is 51.3 Å². The van der Waals surface area contributed by atoms with E-state index in [1.807, 2.05) is 43.9 Å². The summed E-state index contributed by atoms with van der Waals surface area (Å²) in [5.74, 6) is 0.672. The van der Waals surface area contributed by atoms with Gasteiger partial charge < -0.3 is 16.2 Å². The van der Waals surface area contributed by atoms with Crippen LogP contribution in [0.5, 0.6) is 0 Å². The van der Waals surface area contributed by atoms with E-state index in [4.69, 9.17) is 5.73 Å². The van der Waals surface area contributed by atoms with E-state index in [9.17, 15) is 5.11 Å². The average molecular weight is 460 g/mol. The fourth-order valence-corrected chi connectivity index (χ4v) is 3.72. The van der Waals surface area contributed by atoms with Gasteiger partial charge in [0.05, 0.1) is 17.6 Å². The molecule has 0 aromatic carbocycles. The third kappa shape index (κ3) is 4.77. The molecular formula is C26H33N7O. The highest BCUT2D eigenvalue weighted by atomic mass is 16.3. The molecule has 3 heterocycles. The van der Waals surface area contributed by atoms with Crippen LogP contribution in [0.1, 0.15) is 64.0 Å². The predicted molar refractivity (Wildman–Crippen MR) is 139 cm³/mol. The Morgan fingerprint density at radius 2 is 2.12 bits per heavy atom. The topological polar surface area (TPSA) is 114 Å². The van der Waals surface area contributed by atoms with Crippen molar-refractivity contribution in [1.82, 2.24) is 25.1 Å². The monoisotopic (exact) mass is 459 g/mol. The van der Waals surface area contributed by atoms with Crippen molar-refractivity contribution in [3.05, 3.63) is 84.3 Å². The second-order valence-electron chi connectivity index (χ2n) is 8.43. The Hall–Kier alpha value is -3.78. The van der Waals surface area contributed by atoms with Crippen molar-refractivity contribution in [2.75, 3.05) is 5.73 Å². The molecule has 0 radical (unpaired) electrons. The van der Waals surface area contributed by atoms with Crippen molar-refractivity contribution in [2.24, 2.45) is 4.99 Å². The number of nitrogens with zero attached hydrogens (tertiary/aromatic N) is 5. The number of rotatable bonds is 8. The fourth-order valence-electron chi connectivity index (χ4n) is 3.72. The predicted octanol–water partition coefficient (Wildman–Crippen LogP) is 4.53. The summed E-state index contributed by atoms with van der Waals surface area (Å²) in [5, 5.41) is 18.9. The molecule has 8 heteroatoms. The largest absolute Gasteiger partial charge is 0.379 e. The number of aromatic nitrogens is 4. The van der Waals surface area contributed by atoms with Crippen LogP contribution < -0.4 is 11.1 Å². The molecule has 0 amide bonds. The molecule has 0 aliphatic carbocycles. The minimum absolute atomic E-state index is 0.0656. The average Bonchev–Trinajstić information content (AvgIpc) is 3.45. The maximum atomic E-state index is 11.4. The lowest BCUT2D eigenvalue weighted by Crippen LogP contribution is -2.29. The molecule has 4 N–H and O–H groups in total. The number of hydrogen-bond donors (Lipinski definition) is 3. The first-order valence-electron chi connectivity index (χ1n) is 11.3. The standard InChI is InChI=1S/C26H33N7O/c1-8-20(9-2)26(34,10-3)23-11-22(31-25(27)32-23)21-14-29-24(18(21)7)28-12-17(6)19-13-30-33(15-19)16(4)5/h8-9,11-16,34H,1,7,10H2,2-6H3,(H,28,29)(H2,27,31,32)/b17-12+,20-9?. The number of nitrogens with one attached hydrogen (secondary N) is 1. The quantitative estimate of drug-likeness (QED) is 0.500. The van der Waals surface area contributed by atoms with E-state index in [2.05, 4.69) is 52.4 Å². The molecule has 3 rings (SSSR count). The Morgan fingerprint density at radius 1 is 1.38 bits per heavy atom. The van der Waals surface area contributed by atoms with Crippen LogP contribution in [0, 0.1) is 0 Å². The van der Waals surface area contributed by atoms with Gasteiger partial charge in [-0.3, -0.25) is 4.68 Å². The lowest BCUT2D eigenvalue weighted by molar-refractivity contribution is 0.0710. The summed E-state index contributed by atoms with van der Waals surface area (Å²) in [6, 6.07) is 2.03. The summed E-state index contributed by atoms with van der Waals surface area (Å²) in [5.41, 5.74) is 9.69. The van der Waals surface area contributed by atoms with Gasteiger partial charge in [-0.15, -0.1) is 0 Å². The van der Waals surface area contributed by atoms with Gasteiger partial charge in [0.2, 0.25) is 5.95 Å². The van der Waals surface area contributed by atoms with Crippen LogP contribution in [0.3, 0.4) is 0 Å². The third-order valence-corrected chi connectivity index (χ3v) is 5.90. The van der Waals surface area contributed by atoms with Gasteiger partial charge in [0, 0.05) is 41.3 Å². The number of amidine groups is 1. The molecule has 0 saturated heterocycles. The molecule has 1 atom stereocenters. The number of aliphatic imine (C=N–C) groups is 1.